The molecule has 1 heterocycles. The fourth-order valence-electron chi connectivity index (χ4n) is 0.414. The topological polar surface area (TPSA) is 35.5 Å². The summed E-state index contributed by atoms with van der Waals surface area (Å²) in [6.45, 7) is 3.12. The Hall–Kier alpha value is -0.200. The van der Waals surface area contributed by atoms with Crippen molar-refractivity contribution in [3.63, 3.8) is 0 Å². The summed E-state index contributed by atoms with van der Waals surface area (Å²) in [7, 11) is -1.97. The first-order valence-corrected chi connectivity index (χ1v) is 5.61. The van der Waals surface area contributed by atoms with Gasteiger partial charge in [-0.2, -0.15) is 0 Å². The molecular weight excluding hydrogens is 165 g/mol. The molecule has 1 aliphatic heterocycles. The van der Waals surface area contributed by atoms with Crippen LogP contribution in [-0.2, 0) is 13.8 Å². The number of hydrogen-bond acceptors (Lipinski definition) is 3. The fraction of sp³-hybridized carbons (Fsp3) is 0. The van der Waals surface area contributed by atoms with Crippen LogP contribution >= 0.6 is 16.6 Å². The van der Waals surface area contributed by atoms with Gasteiger partial charge in [0.1, 0.15) is 0 Å². The molecule has 1 unspecified atom stereocenters. The van der Waals surface area contributed by atoms with Gasteiger partial charge in [-0.15, -0.1) is 0 Å². The van der Waals surface area contributed by atoms with E-state index < -0.39 is 13.7 Å². The van der Waals surface area contributed by atoms with Crippen molar-refractivity contribution in [3.8, 4) is 0 Å². The minimum atomic E-state index is -3.70. The van der Waals surface area contributed by atoms with Crippen LogP contribution in [0.25, 0.3) is 0 Å². The van der Waals surface area contributed by atoms with Crippen LogP contribution in [0.4, 0.5) is 4.20 Å². The van der Waals surface area contributed by atoms with Crippen molar-refractivity contribution >= 4 is 22.6 Å². The second kappa shape index (κ2) is 1.89. The number of rotatable bonds is 0. The van der Waals surface area contributed by atoms with Crippen molar-refractivity contribution in [2.75, 3.05) is 0 Å². The normalized spacial score (nSPS) is 26.9. The van der Waals surface area contributed by atoms with Crippen LogP contribution in [0.15, 0.2) is 12.3 Å². The number of carbonyl (C=O) groups is 1. The van der Waals surface area contributed by atoms with E-state index >= 15 is 0 Å². The van der Waals surface area contributed by atoms with Gasteiger partial charge in [0.15, 0.2) is 0 Å². The molecule has 0 radical (unpaired) electrons. The Morgan fingerprint density at radius 1 is 1.67 bits per heavy atom. The molecule has 3 nitrogen and oxygen atoms in total. The Morgan fingerprint density at radius 3 is 2.33 bits per heavy atom. The molecule has 9 heavy (non-hydrogen) atoms. The zero-order valence-corrected chi connectivity index (χ0v) is 6.54. The fourth-order valence-corrected chi connectivity index (χ4v) is 1.99. The minimum absolute atomic E-state index is 0.251. The second-order valence-corrected chi connectivity index (χ2v) is 5.14. The SMILES string of the molecule is C=C1O[PH](F)(P)OC1=O. The summed E-state index contributed by atoms with van der Waals surface area (Å²) in [6, 6.07) is 0. The molecule has 1 aliphatic rings. The van der Waals surface area contributed by atoms with E-state index in [-0.39, 0.29) is 5.76 Å². The molecule has 6 heteroatoms. The van der Waals surface area contributed by atoms with Crippen LogP contribution in [0.5, 0.6) is 0 Å². The molecule has 0 spiro atoms. The number of halogens is 1. The summed E-state index contributed by atoms with van der Waals surface area (Å²) in [5.74, 6) is -1.06. The third-order valence-corrected chi connectivity index (χ3v) is 2.42. The second-order valence-electron chi connectivity index (χ2n) is 1.50. The standard InChI is InChI=1S/C3H5FO3P2/c1-2-3(5)7-9(4,8)6-2/h9H,1,8H2. The van der Waals surface area contributed by atoms with Crippen LogP contribution in [0.2, 0.25) is 0 Å². The third kappa shape index (κ3) is 1.38. The molecule has 0 bridgehead atoms. The summed E-state index contributed by atoms with van der Waals surface area (Å²) >= 11 is 0. The summed E-state index contributed by atoms with van der Waals surface area (Å²) in [5.41, 5.74) is 0. The van der Waals surface area contributed by atoms with Crippen molar-refractivity contribution in [1.82, 2.24) is 0 Å². The molecule has 0 aromatic rings. The van der Waals surface area contributed by atoms with Crippen molar-refractivity contribution in [2.24, 2.45) is 0 Å². The molecule has 52 valence electrons. The van der Waals surface area contributed by atoms with E-state index in [9.17, 15) is 8.99 Å². The van der Waals surface area contributed by atoms with Crippen LogP contribution in [-0.4, -0.2) is 5.97 Å². The summed E-state index contributed by atoms with van der Waals surface area (Å²) in [6.07, 6.45) is 0. The van der Waals surface area contributed by atoms with Crippen molar-refractivity contribution < 1.29 is 18.0 Å². The van der Waals surface area contributed by atoms with Crippen LogP contribution < -0.4 is 0 Å². The van der Waals surface area contributed by atoms with E-state index in [1.54, 1.807) is 8.93 Å². The molecule has 0 N–H and O–H groups in total. The number of carbonyl (C=O) groups excluding carboxylic acids is 1. The number of hydrogen-bond donors (Lipinski definition) is 0. The Labute approximate surface area is 53.9 Å². The van der Waals surface area contributed by atoms with E-state index in [0.29, 0.717) is 0 Å². The molecule has 1 fully saturated rings. The van der Waals surface area contributed by atoms with Gasteiger partial charge in [0, 0.05) is 0 Å². The summed E-state index contributed by atoms with van der Waals surface area (Å²) in [4.78, 5) is 10.3. The summed E-state index contributed by atoms with van der Waals surface area (Å²) in [5, 5.41) is 0. The van der Waals surface area contributed by atoms with E-state index in [1.807, 2.05) is 0 Å². The summed E-state index contributed by atoms with van der Waals surface area (Å²) < 4.78 is 21.0. The molecule has 0 saturated carbocycles. The maximum atomic E-state index is 12.5. The van der Waals surface area contributed by atoms with Gasteiger partial charge >= 0.3 is 53.0 Å². The van der Waals surface area contributed by atoms with E-state index in [0.717, 1.165) is 0 Å². The predicted molar refractivity (Wildman–Crippen MR) is 35.5 cm³/mol. The van der Waals surface area contributed by atoms with Gasteiger partial charge in [-0.25, -0.2) is 0 Å². The quantitative estimate of drug-likeness (QED) is 0.406. The van der Waals surface area contributed by atoms with Gasteiger partial charge in [0.2, 0.25) is 0 Å². The molecule has 0 aromatic carbocycles. The first-order chi connectivity index (χ1) is 4.01. The molecule has 0 aliphatic carbocycles. The zero-order valence-electron chi connectivity index (χ0n) is 4.39. The first-order valence-electron chi connectivity index (χ1n) is 2.10. The van der Waals surface area contributed by atoms with Crippen molar-refractivity contribution in [3.05, 3.63) is 12.3 Å². The molecule has 0 aromatic heterocycles. The Morgan fingerprint density at radius 2 is 2.22 bits per heavy atom. The van der Waals surface area contributed by atoms with E-state index in [1.165, 1.54) is 0 Å². The van der Waals surface area contributed by atoms with Crippen LogP contribution in [0, 0.1) is 0 Å². The third-order valence-electron chi connectivity index (χ3n) is 0.722. The van der Waals surface area contributed by atoms with Gasteiger partial charge in [0.25, 0.3) is 0 Å². The average Bonchev–Trinajstić information content (AvgIpc) is 1.79. The molecule has 0 amide bonds. The van der Waals surface area contributed by atoms with Crippen LogP contribution in [0.1, 0.15) is 0 Å². The molecular formula is C3H5FO3P2. The Bertz CT molecular complexity index is 160. The van der Waals surface area contributed by atoms with Crippen molar-refractivity contribution in [1.29, 1.82) is 0 Å². The zero-order chi connectivity index (χ0) is 7.07. The first kappa shape index (κ1) is 6.91. The van der Waals surface area contributed by atoms with Crippen molar-refractivity contribution in [2.45, 2.75) is 0 Å². The van der Waals surface area contributed by atoms with Crippen LogP contribution in [0.3, 0.4) is 0 Å². The van der Waals surface area contributed by atoms with Gasteiger partial charge in [-0.1, -0.05) is 0 Å². The predicted octanol–water partition coefficient (Wildman–Crippen LogP) is 1.33. The Kier molecular flexibility index (Phi) is 1.45. The monoisotopic (exact) mass is 170 g/mol. The molecule has 1 saturated heterocycles. The van der Waals surface area contributed by atoms with Gasteiger partial charge in [-0.3, -0.25) is 0 Å². The van der Waals surface area contributed by atoms with Gasteiger partial charge < -0.3 is 0 Å². The van der Waals surface area contributed by atoms with E-state index in [4.69, 9.17) is 0 Å². The molecule has 1 rings (SSSR count). The van der Waals surface area contributed by atoms with E-state index in [2.05, 4.69) is 15.6 Å². The molecule has 1 atom stereocenters. The maximum absolute atomic E-state index is 12.5. The average molecular weight is 170 g/mol. The Balaban J connectivity index is 2.76. The van der Waals surface area contributed by atoms with Gasteiger partial charge in [-0.05, 0) is 0 Å². The van der Waals surface area contributed by atoms with Gasteiger partial charge in [0.05, 0.1) is 0 Å².